The van der Waals surface area contributed by atoms with Crippen LogP contribution in [-0.4, -0.2) is 39.3 Å². The molecule has 26 heavy (non-hydrogen) atoms. The zero-order valence-electron chi connectivity index (χ0n) is 15.1. The van der Waals surface area contributed by atoms with E-state index in [-0.39, 0.29) is 17.3 Å². The molecule has 0 bridgehead atoms. The summed E-state index contributed by atoms with van der Waals surface area (Å²) in [6, 6.07) is 9.13. The van der Waals surface area contributed by atoms with Crippen molar-refractivity contribution in [1.29, 1.82) is 0 Å². The first-order chi connectivity index (χ1) is 12.1. The van der Waals surface area contributed by atoms with Crippen LogP contribution < -0.4 is 10.6 Å². The number of nitrogens with one attached hydrogen (secondary N) is 2. The summed E-state index contributed by atoms with van der Waals surface area (Å²) in [4.78, 5) is 12.2. The number of anilines is 2. The van der Waals surface area contributed by atoms with Crippen molar-refractivity contribution < 1.29 is 17.6 Å². The fraction of sp³-hybridized carbons (Fsp3) is 0.278. The largest absolute Gasteiger partial charge is 0.376 e. The number of amides is 1. The molecule has 2 rings (SSSR count). The van der Waals surface area contributed by atoms with Crippen molar-refractivity contribution in [2.75, 3.05) is 31.3 Å². The molecule has 8 heteroatoms. The zero-order chi connectivity index (χ0) is 19.5. The fourth-order valence-electron chi connectivity index (χ4n) is 2.21. The SMILES string of the molecule is Cc1ccc(NC(=O)CNc2cc(S(=O)(=O)N(C)C)ccc2C)cc1F. The smallest absolute Gasteiger partial charge is 0.243 e. The van der Waals surface area contributed by atoms with Crippen LogP contribution in [0.2, 0.25) is 0 Å². The maximum Gasteiger partial charge on any atom is 0.243 e. The number of nitrogens with zero attached hydrogens (tertiary/aromatic N) is 1. The van der Waals surface area contributed by atoms with Crippen molar-refractivity contribution in [2.45, 2.75) is 18.7 Å². The Morgan fingerprint density at radius 2 is 1.73 bits per heavy atom. The Labute approximate surface area is 153 Å². The summed E-state index contributed by atoms with van der Waals surface area (Å²) in [5.74, 6) is -0.762. The number of hydrogen-bond donors (Lipinski definition) is 2. The highest BCUT2D eigenvalue weighted by Crippen LogP contribution is 2.22. The molecule has 0 spiro atoms. The number of carbonyl (C=O) groups excluding carboxylic acids is 1. The number of rotatable bonds is 6. The second-order valence-corrected chi connectivity index (χ2v) is 8.28. The second kappa shape index (κ2) is 7.84. The van der Waals surface area contributed by atoms with Crippen LogP contribution in [0.15, 0.2) is 41.3 Å². The lowest BCUT2D eigenvalue weighted by Crippen LogP contribution is -2.24. The van der Waals surface area contributed by atoms with E-state index in [2.05, 4.69) is 10.6 Å². The van der Waals surface area contributed by atoms with E-state index in [1.165, 1.54) is 32.3 Å². The molecule has 140 valence electrons. The molecule has 0 aliphatic rings. The summed E-state index contributed by atoms with van der Waals surface area (Å²) in [6.45, 7) is 3.36. The van der Waals surface area contributed by atoms with Crippen molar-refractivity contribution in [3.8, 4) is 0 Å². The molecule has 0 unspecified atom stereocenters. The van der Waals surface area contributed by atoms with Crippen LogP contribution in [0, 0.1) is 19.7 Å². The van der Waals surface area contributed by atoms with E-state index in [1.54, 1.807) is 25.1 Å². The van der Waals surface area contributed by atoms with Crippen molar-refractivity contribution >= 4 is 27.3 Å². The van der Waals surface area contributed by atoms with E-state index in [0.29, 0.717) is 16.9 Å². The Morgan fingerprint density at radius 1 is 1.08 bits per heavy atom. The van der Waals surface area contributed by atoms with Gasteiger partial charge in [-0.05, 0) is 49.2 Å². The average molecular weight is 379 g/mol. The zero-order valence-corrected chi connectivity index (χ0v) is 15.9. The first-order valence-corrected chi connectivity index (χ1v) is 9.38. The van der Waals surface area contributed by atoms with Gasteiger partial charge in [-0.3, -0.25) is 4.79 Å². The number of carbonyl (C=O) groups is 1. The maximum absolute atomic E-state index is 13.5. The van der Waals surface area contributed by atoms with Gasteiger partial charge < -0.3 is 10.6 Å². The highest BCUT2D eigenvalue weighted by molar-refractivity contribution is 7.89. The molecular formula is C18H22FN3O3S. The summed E-state index contributed by atoms with van der Waals surface area (Å²) in [5.41, 5.74) is 2.20. The van der Waals surface area contributed by atoms with Crippen LogP contribution >= 0.6 is 0 Å². The summed E-state index contributed by atoms with van der Waals surface area (Å²) >= 11 is 0. The summed E-state index contributed by atoms with van der Waals surface area (Å²) < 4.78 is 39.1. The maximum atomic E-state index is 13.5. The Bertz CT molecular complexity index is 927. The predicted molar refractivity (Wildman–Crippen MR) is 100 cm³/mol. The molecule has 0 saturated carbocycles. The minimum atomic E-state index is -3.56. The first-order valence-electron chi connectivity index (χ1n) is 7.94. The quantitative estimate of drug-likeness (QED) is 0.809. The molecule has 2 aromatic rings. The summed E-state index contributed by atoms with van der Waals surface area (Å²) in [7, 11) is -0.651. The number of aryl methyl sites for hydroxylation is 2. The summed E-state index contributed by atoms with van der Waals surface area (Å²) in [5, 5.41) is 5.52. The molecule has 0 saturated heterocycles. The van der Waals surface area contributed by atoms with Crippen LogP contribution in [0.4, 0.5) is 15.8 Å². The van der Waals surface area contributed by atoms with Gasteiger partial charge in [-0.15, -0.1) is 0 Å². The van der Waals surface area contributed by atoms with Gasteiger partial charge in [0.1, 0.15) is 5.82 Å². The van der Waals surface area contributed by atoms with E-state index in [0.717, 1.165) is 9.87 Å². The van der Waals surface area contributed by atoms with Crippen molar-refractivity contribution in [3.63, 3.8) is 0 Å². The van der Waals surface area contributed by atoms with Gasteiger partial charge in [0.25, 0.3) is 0 Å². The highest BCUT2D eigenvalue weighted by atomic mass is 32.2. The van der Waals surface area contributed by atoms with Gasteiger partial charge in [-0.25, -0.2) is 17.1 Å². The number of benzene rings is 2. The van der Waals surface area contributed by atoms with E-state index >= 15 is 0 Å². The molecule has 0 atom stereocenters. The number of halogens is 1. The Balaban J connectivity index is 2.09. The monoisotopic (exact) mass is 379 g/mol. The summed E-state index contributed by atoms with van der Waals surface area (Å²) in [6.07, 6.45) is 0. The second-order valence-electron chi connectivity index (χ2n) is 6.13. The van der Waals surface area contributed by atoms with Crippen molar-refractivity contribution in [2.24, 2.45) is 0 Å². The van der Waals surface area contributed by atoms with E-state index in [1.807, 2.05) is 6.92 Å². The van der Waals surface area contributed by atoms with Gasteiger partial charge in [0.2, 0.25) is 15.9 Å². The average Bonchev–Trinajstić information content (AvgIpc) is 2.57. The molecule has 6 nitrogen and oxygen atoms in total. The van der Waals surface area contributed by atoms with Crippen LogP contribution in [0.25, 0.3) is 0 Å². The van der Waals surface area contributed by atoms with Gasteiger partial charge in [0, 0.05) is 25.5 Å². The van der Waals surface area contributed by atoms with Crippen LogP contribution in [-0.2, 0) is 14.8 Å². The Hall–Kier alpha value is -2.45. The first kappa shape index (κ1) is 19.9. The Kier molecular flexibility index (Phi) is 5.99. The molecule has 1 amide bonds. The molecular weight excluding hydrogens is 357 g/mol. The molecule has 0 aliphatic heterocycles. The number of hydrogen-bond acceptors (Lipinski definition) is 4. The molecule has 2 N–H and O–H groups in total. The van der Waals surface area contributed by atoms with Gasteiger partial charge in [0.15, 0.2) is 0 Å². The van der Waals surface area contributed by atoms with Crippen LogP contribution in [0.1, 0.15) is 11.1 Å². The van der Waals surface area contributed by atoms with E-state index in [4.69, 9.17) is 0 Å². The van der Waals surface area contributed by atoms with E-state index in [9.17, 15) is 17.6 Å². The number of sulfonamides is 1. The van der Waals surface area contributed by atoms with Gasteiger partial charge >= 0.3 is 0 Å². The third kappa shape index (κ3) is 4.59. The standard InChI is InChI=1S/C18H22FN3O3S/c1-12-5-7-14(9-16(12)19)21-18(23)11-20-17-10-15(8-6-13(17)2)26(24,25)22(3)4/h5-10,20H,11H2,1-4H3,(H,21,23). The van der Waals surface area contributed by atoms with Gasteiger partial charge in [-0.1, -0.05) is 12.1 Å². The lowest BCUT2D eigenvalue weighted by molar-refractivity contribution is -0.114. The molecule has 0 heterocycles. The predicted octanol–water partition coefficient (Wildman–Crippen LogP) is 2.74. The van der Waals surface area contributed by atoms with Gasteiger partial charge in [-0.2, -0.15) is 0 Å². The Morgan fingerprint density at radius 3 is 2.35 bits per heavy atom. The third-order valence-electron chi connectivity index (χ3n) is 3.88. The van der Waals surface area contributed by atoms with Crippen LogP contribution in [0.3, 0.4) is 0 Å². The van der Waals surface area contributed by atoms with Crippen molar-refractivity contribution in [1.82, 2.24) is 4.31 Å². The van der Waals surface area contributed by atoms with Gasteiger partial charge in [0.05, 0.1) is 11.4 Å². The minimum absolute atomic E-state index is 0.0815. The lowest BCUT2D eigenvalue weighted by Gasteiger charge is -2.15. The molecule has 0 aromatic heterocycles. The molecule has 2 aromatic carbocycles. The lowest BCUT2D eigenvalue weighted by atomic mass is 10.2. The molecule has 0 fully saturated rings. The fourth-order valence-corrected chi connectivity index (χ4v) is 3.14. The molecule has 0 radical (unpaired) electrons. The van der Waals surface area contributed by atoms with Crippen molar-refractivity contribution in [3.05, 3.63) is 53.3 Å². The van der Waals surface area contributed by atoms with E-state index < -0.39 is 15.8 Å². The van der Waals surface area contributed by atoms with Crippen LogP contribution in [0.5, 0.6) is 0 Å². The normalized spacial score (nSPS) is 11.5. The highest BCUT2D eigenvalue weighted by Gasteiger charge is 2.18. The minimum Gasteiger partial charge on any atom is -0.376 e. The third-order valence-corrected chi connectivity index (χ3v) is 5.69. The molecule has 0 aliphatic carbocycles. The topological polar surface area (TPSA) is 78.5 Å².